The Morgan fingerprint density at radius 1 is 0.464 bits per heavy atom. The van der Waals surface area contributed by atoms with Crippen LogP contribution in [0.1, 0.15) is 75.7 Å². The Hall–Kier alpha value is -13.3. The number of hydrogen-bond acceptors (Lipinski definition) is 28. The van der Waals surface area contributed by atoms with E-state index in [1.807, 2.05) is 100 Å². The van der Waals surface area contributed by atoms with Gasteiger partial charge in [0.1, 0.15) is 22.9 Å². The number of esters is 2. The van der Waals surface area contributed by atoms with Crippen molar-refractivity contribution in [2.75, 3.05) is 126 Å². The summed E-state index contributed by atoms with van der Waals surface area (Å²) in [5.41, 5.74) is 12.7. The molecule has 3 atom stereocenters. The third kappa shape index (κ3) is 29.6. The maximum Gasteiger partial charge on any atom is 0.312 e. The van der Waals surface area contributed by atoms with Crippen molar-refractivity contribution in [1.82, 2.24) is 56.9 Å². The van der Waals surface area contributed by atoms with Gasteiger partial charge in [-0.1, -0.05) is 52.8 Å². The van der Waals surface area contributed by atoms with Crippen LogP contribution in [0.25, 0.3) is 33.1 Å². The van der Waals surface area contributed by atoms with Crippen LogP contribution in [-0.2, 0) is 77.0 Å². The second kappa shape index (κ2) is 47.6. The molecule has 0 radical (unpaired) electrons. The molecule has 0 spiro atoms. The van der Waals surface area contributed by atoms with Gasteiger partial charge in [-0.25, -0.2) is 38.2 Å². The molecule has 9 heterocycles. The maximum atomic E-state index is 12.5. The second-order valence-electron chi connectivity index (χ2n) is 33.8. The fourth-order valence-corrected chi connectivity index (χ4v) is 17.0. The summed E-state index contributed by atoms with van der Waals surface area (Å²) >= 11 is 6.08. The van der Waals surface area contributed by atoms with E-state index >= 15 is 0 Å². The first-order chi connectivity index (χ1) is 63.4. The number of carbonyl (C=O) groups excluding carboxylic acids is 5. The lowest BCUT2D eigenvalue weighted by Crippen LogP contribution is -2.36. The van der Waals surface area contributed by atoms with Gasteiger partial charge in [0.25, 0.3) is 0 Å². The van der Waals surface area contributed by atoms with Crippen molar-refractivity contribution in [1.29, 1.82) is 0 Å². The number of anilines is 11. The molecule has 6 aromatic carbocycles. The number of amides is 3. The summed E-state index contributed by atoms with van der Waals surface area (Å²) in [4.78, 5) is 95.8. The quantitative estimate of drug-likeness (QED) is 0.00990. The van der Waals surface area contributed by atoms with Gasteiger partial charge in [-0.3, -0.25) is 33.1 Å². The molecule has 3 fully saturated rings. The van der Waals surface area contributed by atoms with Gasteiger partial charge in [-0.2, -0.15) is 56.9 Å². The molecule has 37 nitrogen and oxygen atoms in total. The molecular weight excluding hydrogens is 1890 g/mol. The highest BCUT2D eigenvalue weighted by Crippen LogP contribution is 2.38. The third-order valence-corrected chi connectivity index (χ3v) is 25.7. The van der Waals surface area contributed by atoms with E-state index in [9.17, 15) is 49.2 Å². The lowest BCUT2D eigenvalue weighted by atomic mass is 9.97. The van der Waals surface area contributed by atoms with Gasteiger partial charge < -0.3 is 75.7 Å². The van der Waals surface area contributed by atoms with Gasteiger partial charge >= 0.3 is 11.9 Å². The number of sulfonamides is 3. The fourth-order valence-electron chi connectivity index (χ4n) is 14.2. The third-order valence-electron chi connectivity index (χ3n) is 21.7. The number of ether oxygens (including phenoxy) is 5. The van der Waals surface area contributed by atoms with E-state index in [4.69, 9.17) is 46.0 Å². The molecule has 3 amide bonds. The van der Waals surface area contributed by atoms with Crippen LogP contribution >= 0.6 is 38.6 Å². The zero-order valence-electron chi connectivity index (χ0n) is 77.2. The lowest BCUT2D eigenvalue weighted by molar-refractivity contribution is -0.157. The van der Waals surface area contributed by atoms with Crippen LogP contribution < -0.4 is 61.2 Å². The Morgan fingerprint density at radius 3 is 1.14 bits per heavy atom. The monoisotopic (exact) mass is 2010 g/mol. The molecule has 138 heavy (non-hydrogen) atoms. The molecule has 0 unspecified atom stereocenters. The molecule has 0 aliphatic carbocycles. The Bertz CT molecular complexity index is 6680. The first-order valence-electron chi connectivity index (χ1n) is 42.3. The number of fused-ring (bicyclic) bond motifs is 3. The van der Waals surface area contributed by atoms with Gasteiger partial charge in [0.2, 0.25) is 82.6 Å². The summed E-state index contributed by atoms with van der Waals surface area (Å²) in [7, 11) is -3.57. The highest BCUT2D eigenvalue weighted by Gasteiger charge is 2.35. The number of nitrogen functional groups attached to an aromatic ring is 1. The number of nitrogens with two attached hydrogens (primary N) is 1. The van der Waals surface area contributed by atoms with E-state index in [-0.39, 0.29) is 126 Å². The number of nitrogens with zero attached hydrogens (tertiary/aromatic N) is 14. The largest absolute Gasteiger partial charge is 0.443 e. The van der Waals surface area contributed by atoms with Crippen LogP contribution in [0, 0.1) is 10.8 Å². The molecular formula is C95H120ClN21O16S5. The van der Waals surface area contributed by atoms with E-state index < -0.39 is 40.9 Å². The van der Waals surface area contributed by atoms with E-state index in [0.717, 1.165) is 47.7 Å². The van der Waals surface area contributed by atoms with Crippen LogP contribution in [0.15, 0.2) is 220 Å². The van der Waals surface area contributed by atoms with Crippen LogP contribution in [0.2, 0.25) is 5.28 Å². The molecule has 15 rings (SSSR count). The Balaban J connectivity index is 0.000000234. The van der Waals surface area contributed by atoms with Gasteiger partial charge in [0, 0.05) is 167 Å². The number of H-pyrrole nitrogens is 1. The molecule has 43 heteroatoms. The SMILES string of the molecule is C.C.C=CC(=O)Nc1cccc(Oc2nc(Cl)nc3c2ccn3COC(=O)C(C)(C)C)c1.C=CC(=O)Nc1cccc(Oc2nc(Nc3ccc(N(C)[C@H]4CCN(S(C)(=O)=O)C4)cc3)nc3[nH]ccc23)c1.C=CC(=O)Nc1cccc(Oc2nc(Nc3ccc(N(C)[C@H]4CCN(S(C)(=O)=O)C4)cc3)nc3c2ccn3COC(=O)C(C)(C)C)c1.CN(c1ccc(N)cc1)[C@H]1CCN(S(C)(=O)=O)C1.S.S. The second-order valence-corrected chi connectivity index (χ2v) is 40.1. The number of aromatic amines is 1. The first kappa shape index (κ1) is 110. The molecule has 6 aromatic heterocycles. The summed E-state index contributed by atoms with van der Waals surface area (Å²) in [6.07, 6.45) is 14.9. The topological polar surface area (TPSA) is 443 Å². The van der Waals surface area contributed by atoms with E-state index in [0.29, 0.717) is 124 Å². The predicted molar refractivity (Wildman–Crippen MR) is 555 cm³/mol. The Kier molecular flexibility index (Phi) is 38.0. The molecule has 3 aliphatic heterocycles. The predicted octanol–water partition coefficient (Wildman–Crippen LogP) is 16.0. The number of rotatable bonds is 29. The Labute approximate surface area is 823 Å². The molecule has 8 N–H and O–H groups in total. The van der Waals surface area contributed by atoms with Crippen molar-refractivity contribution in [3.63, 3.8) is 0 Å². The van der Waals surface area contributed by atoms with Crippen molar-refractivity contribution >= 4 is 195 Å². The van der Waals surface area contributed by atoms with Crippen molar-refractivity contribution in [3.8, 4) is 34.9 Å². The number of aromatic nitrogens is 9. The summed E-state index contributed by atoms with van der Waals surface area (Å²) < 4.78 is 108. The number of likely N-dealkylation sites (N-methyl/N-ethyl adjacent to an activating group) is 3. The molecule has 3 saturated heterocycles. The normalized spacial score (nSPS) is 14.8. The van der Waals surface area contributed by atoms with Gasteiger partial charge in [0.05, 0.1) is 45.8 Å². The van der Waals surface area contributed by atoms with Crippen LogP contribution in [0.5, 0.6) is 34.9 Å². The molecule has 12 aromatic rings. The fraction of sp³-hybridized carbons (Fsp3) is 0.316. The number of carbonyl (C=O) groups is 5. The highest BCUT2D eigenvalue weighted by atomic mass is 35.5. The zero-order chi connectivity index (χ0) is 96.7. The minimum atomic E-state index is -3.23. The Morgan fingerprint density at radius 2 is 0.797 bits per heavy atom. The standard InChI is InChI=1S/C33H39N7O6S.C27H29N7O4S.C21H21ClN4O4.C12H19N3O2S.2CH4.2H2S/c1-7-28(41)34-23-9-8-10-26(19-23)46-30-27-16-17-39(21-45-31(42)33(2,3)4)29(27)36-32(37-30)35-22-11-13-24(14-12-22)38(5)25-15-18-40(20-25)47(6,43)44;1-4-24(35)29-19-6-5-7-22(16-19)38-26-23-12-14-28-25(23)31-27(32-26)30-18-8-10-20(11-9-18)33(2)21-13-15-34(17-21)39(3,36)37;1-5-16(27)23-13-7-6-8-14(11-13)30-18-15-9-10-26(17(15)24-20(22)25-18)12-29-19(28)21(2,3)4;1-14(11-5-3-10(13)4-6-11)12-7-8-15(9-12)18(2,16)17;;;;/h7-14,16-17,19,25H,1,15,18,20-21H2,2-6H3,(H,34,41)(H,35,36,37);4-12,14,16,21H,1,13,15,17H2,2-3H3,(H,29,35)(H2,28,30,31,32);5-11H,1,12H2,2-4H3,(H,23,27);3-6,12H,7-9,13H2,1-2H3;2*1H4;2*1H2/t25-;21-;;12-;;;;/m00.0..../s1. The zero-order valence-corrected chi connectivity index (χ0v) is 82.4. The first-order valence-corrected chi connectivity index (χ1v) is 48.2. The summed E-state index contributed by atoms with van der Waals surface area (Å²) in [5, 5.41) is 16.4. The number of halogens is 1. The number of nitrogens with one attached hydrogen (secondary N) is 6. The van der Waals surface area contributed by atoms with Gasteiger partial charge in [-0.15, -0.1) is 0 Å². The smallest absolute Gasteiger partial charge is 0.312 e. The number of hydrogen-bond donors (Lipinski definition) is 7. The van der Waals surface area contributed by atoms with Crippen molar-refractivity contribution < 1.29 is 72.9 Å². The van der Waals surface area contributed by atoms with E-state index in [1.54, 1.807) is 154 Å². The van der Waals surface area contributed by atoms with Crippen molar-refractivity contribution in [2.24, 2.45) is 10.8 Å². The van der Waals surface area contributed by atoms with E-state index in [1.165, 1.54) is 49.9 Å². The van der Waals surface area contributed by atoms with Crippen molar-refractivity contribution in [2.45, 2.75) is 107 Å². The average molecular weight is 2010 g/mol. The van der Waals surface area contributed by atoms with Crippen LogP contribution in [0.3, 0.4) is 0 Å². The summed E-state index contributed by atoms with van der Waals surface area (Å²) in [5.74, 6) is 1.11. The summed E-state index contributed by atoms with van der Waals surface area (Å²) in [6, 6.07) is 49.5. The molecule has 0 bridgehead atoms. The minimum Gasteiger partial charge on any atom is -0.443 e. The molecule has 0 saturated carbocycles. The van der Waals surface area contributed by atoms with Crippen LogP contribution in [-0.4, -0.2) is 209 Å². The molecule has 3 aliphatic rings. The molecule has 738 valence electrons. The van der Waals surface area contributed by atoms with Crippen molar-refractivity contribution in [3.05, 3.63) is 226 Å². The number of benzene rings is 6. The highest BCUT2D eigenvalue weighted by molar-refractivity contribution is 7.88. The summed E-state index contributed by atoms with van der Waals surface area (Å²) in [6.45, 7) is 24.1. The van der Waals surface area contributed by atoms with Crippen LogP contribution in [0.4, 0.5) is 63.1 Å². The lowest BCUT2D eigenvalue weighted by Gasteiger charge is -2.27. The average Bonchev–Trinajstić information content (AvgIpc) is 1.62. The minimum absolute atomic E-state index is 0. The van der Waals surface area contributed by atoms with Gasteiger partial charge in [0.15, 0.2) is 24.8 Å². The van der Waals surface area contributed by atoms with E-state index in [2.05, 4.69) is 90.9 Å². The van der Waals surface area contributed by atoms with Gasteiger partial charge in [-0.05, 0) is 218 Å². The maximum absolute atomic E-state index is 12.5.